The Hall–Kier alpha value is -1.77. The molecule has 0 heterocycles. The van der Waals surface area contributed by atoms with Crippen molar-refractivity contribution in [1.82, 2.24) is 0 Å². The van der Waals surface area contributed by atoms with Gasteiger partial charge in [-0.15, -0.1) is 0 Å². The number of methoxy groups -OCH3 is 1. The number of nitrogens with zero attached hydrogens (tertiary/aromatic N) is 1. The van der Waals surface area contributed by atoms with Crippen LogP contribution in [-0.4, -0.2) is 30.3 Å². The van der Waals surface area contributed by atoms with E-state index >= 15 is 0 Å². The van der Waals surface area contributed by atoms with Crippen LogP contribution in [0.1, 0.15) is 18.1 Å². The molecule has 0 aromatic heterocycles. The minimum Gasteiger partial charge on any atom is -0.467 e. The lowest BCUT2D eigenvalue weighted by Gasteiger charge is -2.21. The number of nitriles is 1. The van der Waals surface area contributed by atoms with Crippen molar-refractivity contribution in [3.8, 4) is 6.07 Å². The summed E-state index contributed by atoms with van der Waals surface area (Å²) in [5, 5.41) is 21.6. The van der Waals surface area contributed by atoms with Crippen LogP contribution in [0.15, 0.2) is 12.1 Å². The Morgan fingerprint density at radius 3 is 2.68 bits per heavy atom. The first-order valence-electron chi connectivity index (χ1n) is 5.64. The number of esters is 1. The van der Waals surface area contributed by atoms with Gasteiger partial charge in [-0.25, -0.2) is 4.79 Å². The maximum Gasteiger partial charge on any atom is 0.330 e. The van der Waals surface area contributed by atoms with E-state index in [0.717, 1.165) is 0 Å². The molecule has 1 rings (SSSR count). The zero-order valence-corrected chi connectivity index (χ0v) is 11.7. The van der Waals surface area contributed by atoms with Crippen LogP contribution < -0.4 is 5.32 Å². The third-order valence-corrected chi connectivity index (χ3v) is 3.24. The third kappa shape index (κ3) is 3.37. The average Bonchev–Trinajstić information content (AvgIpc) is 2.39. The number of aliphatic hydroxyl groups excluding tert-OH is 1. The molecule has 0 aliphatic carbocycles. The fraction of sp³-hybridized carbons (Fsp3) is 0.385. The minimum atomic E-state index is -0.929. The number of nitrogens with one attached hydrogen (secondary N) is 1. The molecule has 102 valence electrons. The van der Waals surface area contributed by atoms with Gasteiger partial charge >= 0.3 is 5.97 Å². The van der Waals surface area contributed by atoms with Gasteiger partial charge in [0.1, 0.15) is 6.07 Å². The Balaban J connectivity index is 3.08. The van der Waals surface area contributed by atoms with Crippen LogP contribution in [0.5, 0.6) is 0 Å². The highest BCUT2D eigenvalue weighted by molar-refractivity contribution is 6.32. The van der Waals surface area contributed by atoms with Crippen molar-refractivity contribution in [3.05, 3.63) is 28.3 Å². The summed E-state index contributed by atoms with van der Waals surface area (Å²) in [6, 6.07) is 4.26. The van der Waals surface area contributed by atoms with Crippen LogP contribution in [0.3, 0.4) is 0 Å². The Kier molecular flexibility index (Phi) is 5.16. The zero-order valence-electron chi connectivity index (χ0n) is 10.9. The summed E-state index contributed by atoms with van der Waals surface area (Å²) >= 11 is 6.03. The van der Waals surface area contributed by atoms with E-state index in [-0.39, 0.29) is 0 Å². The van der Waals surface area contributed by atoms with E-state index in [4.69, 9.17) is 16.9 Å². The van der Waals surface area contributed by atoms with Gasteiger partial charge in [0.2, 0.25) is 0 Å². The number of carbonyl (C=O) groups excluding carboxylic acids is 1. The summed E-state index contributed by atoms with van der Waals surface area (Å²) < 4.78 is 4.61. The Labute approximate surface area is 116 Å². The van der Waals surface area contributed by atoms with Crippen molar-refractivity contribution in [2.24, 2.45) is 0 Å². The number of benzene rings is 1. The lowest BCUT2D eigenvalue weighted by Crippen LogP contribution is -2.40. The fourth-order valence-electron chi connectivity index (χ4n) is 1.60. The quantitative estimate of drug-likeness (QED) is 0.824. The largest absolute Gasteiger partial charge is 0.467 e. The lowest BCUT2D eigenvalue weighted by atomic mass is 10.1. The monoisotopic (exact) mass is 282 g/mol. The second-order valence-corrected chi connectivity index (χ2v) is 4.48. The molecule has 0 unspecified atom stereocenters. The molecular formula is C13H15ClN2O3. The highest BCUT2D eigenvalue weighted by atomic mass is 35.5. The smallest absolute Gasteiger partial charge is 0.330 e. The standard InChI is InChI=1S/C13H15ClN2O3/c1-7-10(5-4-9(6-15)11(7)14)16-12(8(2)17)13(18)19-3/h4-5,8,12,16-17H,1-3H3/t8-,12+/m0/s1. The van der Waals surface area contributed by atoms with Gasteiger partial charge in [-0.3, -0.25) is 0 Å². The molecule has 1 aromatic carbocycles. The number of halogens is 1. The predicted molar refractivity (Wildman–Crippen MR) is 72.0 cm³/mol. The molecule has 2 atom stereocenters. The summed E-state index contributed by atoms with van der Waals surface area (Å²) in [5.74, 6) is -0.574. The van der Waals surface area contributed by atoms with E-state index in [9.17, 15) is 9.90 Å². The van der Waals surface area contributed by atoms with Crippen LogP contribution in [-0.2, 0) is 9.53 Å². The van der Waals surface area contributed by atoms with E-state index in [1.165, 1.54) is 14.0 Å². The van der Waals surface area contributed by atoms with Crippen molar-refractivity contribution >= 4 is 23.3 Å². The van der Waals surface area contributed by atoms with Crippen molar-refractivity contribution < 1.29 is 14.6 Å². The molecule has 0 fully saturated rings. The molecule has 0 saturated heterocycles. The number of ether oxygens (including phenoxy) is 1. The van der Waals surface area contributed by atoms with Gasteiger partial charge < -0.3 is 15.2 Å². The summed E-state index contributed by atoms with van der Waals surface area (Å²) in [6.45, 7) is 3.21. The van der Waals surface area contributed by atoms with Crippen molar-refractivity contribution in [2.75, 3.05) is 12.4 Å². The SMILES string of the molecule is COC(=O)[C@H](Nc1ccc(C#N)c(Cl)c1C)[C@H](C)O. The summed E-state index contributed by atoms with van der Waals surface area (Å²) in [4.78, 5) is 11.5. The third-order valence-electron chi connectivity index (χ3n) is 2.76. The lowest BCUT2D eigenvalue weighted by molar-refractivity contribution is -0.143. The normalized spacial score (nSPS) is 13.3. The number of carbonyl (C=O) groups is 1. The molecule has 0 aliphatic heterocycles. The van der Waals surface area contributed by atoms with Crippen LogP contribution in [0.25, 0.3) is 0 Å². The van der Waals surface area contributed by atoms with E-state index in [1.807, 2.05) is 6.07 Å². The zero-order chi connectivity index (χ0) is 14.6. The average molecular weight is 283 g/mol. The molecular weight excluding hydrogens is 268 g/mol. The minimum absolute atomic E-state index is 0.321. The molecule has 0 spiro atoms. The van der Waals surface area contributed by atoms with Crippen molar-refractivity contribution in [1.29, 1.82) is 5.26 Å². The summed E-state index contributed by atoms with van der Waals surface area (Å²) in [5.41, 5.74) is 1.56. The van der Waals surface area contributed by atoms with Crippen LogP contribution in [0.2, 0.25) is 5.02 Å². The number of hydrogen-bond donors (Lipinski definition) is 2. The van der Waals surface area contributed by atoms with Crippen LogP contribution in [0.4, 0.5) is 5.69 Å². The first-order chi connectivity index (χ1) is 8.92. The van der Waals surface area contributed by atoms with Crippen molar-refractivity contribution in [2.45, 2.75) is 26.0 Å². The summed E-state index contributed by atoms with van der Waals surface area (Å²) in [7, 11) is 1.25. The first-order valence-corrected chi connectivity index (χ1v) is 6.01. The fourth-order valence-corrected chi connectivity index (χ4v) is 1.81. The maximum atomic E-state index is 11.5. The molecule has 6 heteroatoms. The van der Waals surface area contributed by atoms with E-state index in [1.54, 1.807) is 19.1 Å². The molecule has 0 aliphatic rings. The Morgan fingerprint density at radius 1 is 1.58 bits per heavy atom. The number of aliphatic hydroxyl groups is 1. The molecule has 2 N–H and O–H groups in total. The molecule has 0 amide bonds. The van der Waals surface area contributed by atoms with E-state index in [0.29, 0.717) is 21.8 Å². The van der Waals surface area contributed by atoms with Gasteiger partial charge in [-0.2, -0.15) is 5.26 Å². The number of rotatable bonds is 4. The molecule has 0 saturated carbocycles. The molecule has 0 radical (unpaired) electrons. The molecule has 19 heavy (non-hydrogen) atoms. The van der Waals surface area contributed by atoms with Crippen LogP contribution >= 0.6 is 11.6 Å². The van der Waals surface area contributed by atoms with Gasteiger partial charge in [-0.05, 0) is 31.5 Å². The van der Waals surface area contributed by atoms with Gasteiger partial charge in [-0.1, -0.05) is 11.6 Å². The molecule has 5 nitrogen and oxygen atoms in total. The van der Waals surface area contributed by atoms with Crippen molar-refractivity contribution in [3.63, 3.8) is 0 Å². The first kappa shape index (κ1) is 15.3. The van der Waals surface area contributed by atoms with E-state index < -0.39 is 18.1 Å². The maximum absolute atomic E-state index is 11.5. The van der Waals surface area contributed by atoms with Gasteiger partial charge in [0, 0.05) is 5.69 Å². The highest BCUT2D eigenvalue weighted by Crippen LogP contribution is 2.27. The number of anilines is 1. The second-order valence-electron chi connectivity index (χ2n) is 4.10. The Morgan fingerprint density at radius 2 is 2.21 bits per heavy atom. The number of hydrogen-bond acceptors (Lipinski definition) is 5. The van der Waals surface area contributed by atoms with Gasteiger partial charge in [0.25, 0.3) is 0 Å². The summed E-state index contributed by atoms with van der Waals surface area (Å²) in [6.07, 6.45) is -0.929. The highest BCUT2D eigenvalue weighted by Gasteiger charge is 2.25. The van der Waals surface area contributed by atoms with Crippen LogP contribution in [0, 0.1) is 18.3 Å². The predicted octanol–water partition coefficient (Wildman–Crippen LogP) is 1.85. The second kappa shape index (κ2) is 6.41. The molecule has 0 bridgehead atoms. The molecule has 1 aromatic rings. The van der Waals surface area contributed by atoms with Gasteiger partial charge in [0.05, 0.1) is 23.8 Å². The Bertz CT molecular complexity index is 523. The topological polar surface area (TPSA) is 82.3 Å². The van der Waals surface area contributed by atoms with E-state index in [2.05, 4.69) is 10.1 Å². The van der Waals surface area contributed by atoms with Gasteiger partial charge in [0.15, 0.2) is 6.04 Å².